The largest absolute Gasteiger partial charge is 0.383 e. The maximum Gasteiger partial charge on any atom is 0.263 e. The number of benzene rings is 2. The second-order valence-corrected chi connectivity index (χ2v) is 8.00. The number of nitrogen functional groups attached to an aromatic ring is 1. The first kappa shape index (κ1) is 20.9. The lowest BCUT2D eigenvalue weighted by Crippen LogP contribution is -2.25. The molecule has 0 fully saturated rings. The van der Waals surface area contributed by atoms with Crippen molar-refractivity contribution in [1.82, 2.24) is 14.5 Å². The van der Waals surface area contributed by atoms with E-state index in [0.29, 0.717) is 22.5 Å². The van der Waals surface area contributed by atoms with Crippen molar-refractivity contribution in [3.63, 3.8) is 0 Å². The van der Waals surface area contributed by atoms with Gasteiger partial charge in [0, 0.05) is 5.69 Å². The number of aromatic nitrogens is 3. The average Bonchev–Trinajstić information content (AvgIpc) is 2.73. The predicted molar refractivity (Wildman–Crippen MR) is 129 cm³/mol. The molecule has 0 saturated carbocycles. The van der Waals surface area contributed by atoms with E-state index in [1.165, 1.54) is 17.0 Å². The molecular weight excluding hydrogens is 510 g/mol. The van der Waals surface area contributed by atoms with Crippen molar-refractivity contribution in [3.8, 4) is 5.69 Å². The van der Waals surface area contributed by atoms with E-state index in [-0.39, 0.29) is 27.3 Å². The van der Waals surface area contributed by atoms with Gasteiger partial charge in [0.1, 0.15) is 27.5 Å². The molecule has 0 aliphatic heterocycles. The van der Waals surface area contributed by atoms with Gasteiger partial charge in [-0.2, -0.15) is 0 Å². The number of fused-ring (bicyclic) bond motifs is 1. The first-order valence-electron chi connectivity index (χ1n) is 9.36. The van der Waals surface area contributed by atoms with Crippen molar-refractivity contribution in [2.75, 3.05) is 11.1 Å². The Morgan fingerprint density at radius 2 is 2.00 bits per heavy atom. The molecule has 0 aliphatic rings. The molecule has 0 radical (unpaired) electrons. The number of hydrogen-bond donors (Lipinski definition) is 3. The fourth-order valence-corrected chi connectivity index (χ4v) is 4.07. The molecule has 2 aromatic carbocycles. The molecule has 4 rings (SSSR count). The molecule has 0 atom stereocenters. The lowest BCUT2D eigenvalue weighted by atomic mass is 10.1. The zero-order chi connectivity index (χ0) is 22.1. The molecule has 2 aromatic heterocycles. The number of nitrogens with one attached hydrogen (secondary N) is 2. The van der Waals surface area contributed by atoms with Crippen molar-refractivity contribution in [2.24, 2.45) is 0 Å². The van der Waals surface area contributed by atoms with Crippen LogP contribution in [0.5, 0.6) is 0 Å². The second-order valence-electron chi connectivity index (χ2n) is 6.92. The number of hydrogen-bond acceptors (Lipinski definition) is 6. The molecule has 2 heterocycles. The van der Waals surface area contributed by atoms with Crippen LogP contribution in [-0.2, 0) is 6.54 Å². The summed E-state index contributed by atoms with van der Waals surface area (Å²) in [5.41, 5.74) is 7.50. The van der Waals surface area contributed by atoms with Crippen LogP contribution in [-0.4, -0.2) is 18.3 Å². The number of pyridine rings is 1. The minimum absolute atomic E-state index is 0.154. The molecule has 0 aliphatic carbocycles. The Labute approximate surface area is 190 Å². The van der Waals surface area contributed by atoms with Gasteiger partial charge in [-0.15, -0.1) is 0 Å². The smallest absolute Gasteiger partial charge is 0.263 e. The Morgan fingerprint density at radius 1 is 1.23 bits per heavy atom. The Hall–Kier alpha value is -3.34. The first-order chi connectivity index (χ1) is 14.9. The standard InChI is InChI=1S/C22H18FIN6O/c1-12-5-4-6-13-9-14(10-27-21-18(19(24)25)20(26)28-11-29-21)30(22(31)17(12)13)16-8-3-2-7-15(16)23/h2-9,11,25H,10H2,1H3,(H3,26,27,28,29). The molecule has 4 aromatic rings. The molecule has 0 bridgehead atoms. The van der Waals surface area contributed by atoms with Crippen LogP contribution in [0.3, 0.4) is 0 Å². The maximum absolute atomic E-state index is 14.7. The summed E-state index contributed by atoms with van der Waals surface area (Å²) < 4.78 is 16.2. The van der Waals surface area contributed by atoms with Gasteiger partial charge < -0.3 is 11.1 Å². The number of rotatable bonds is 5. The molecule has 31 heavy (non-hydrogen) atoms. The number of halogens is 2. The zero-order valence-electron chi connectivity index (χ0n) is 16.5. The van der Waals surface area contributed by atoms with Gasteiger partial charge in [-0.1, -0.05) is 30.3 Å². The van der Waals surface area contributed by atoms with Crippen LogP contribution in [0, 0.1) is 18.2 Å². The van der Waals surface area contributed by atoms with Gasteiger partial charge in [-0.05, 0) is 58.7 Å². The second kappa shape index (κ2) is 8.42. The van der Waals surface area contributed by atoms with E-state index < -0.39 is 5.82 Å². The summed E-state index contributed by atoms with van der Waals surface area (Å²) in [6.07, 6.45) is 1.30. The van der Waals surface area contributed by atoms with Crippen molar-refractivity contribution in [1.29, 1.82) is 5.41 Å². The van der Waals surface area contributed by atoms with Crippen LogP contribution in [0.15, 0.2) is 59.7 Å². The molecule has 156 valence electrons. The average molecular weight is 528 g/mol. The number of anilines is 2. The normalized spacial score (nSPS) is 10.9. The van der Waals surface area contributed by atoms with Crippen LogP contribution in [0.4, 0.5) is 16.0 Å². The minimum Gasteiger partial charge on any atom is -0.383 e. The molecule has 0 amide bonds. The van der Waals surface area contributed by atoms with Crippen LogP contribution < -0.4 is 16.6 Å². The van der Waals surface area contributed by atoms with Gasteiger partial charge in [0.15, 0.2) is 0 Å². The van der Waals surface area contributed by atoms with Crippen LogP contribution in [0.1, 0.15) is 16.8 Å². The predicted octanol–water partition coefficient (Wildman–Crippen LogP) is 4.18. The summed E-state index contributed by atoms with van der Waals surface area (Å²) >= 11 is 1.83. The van der Waals surface area contributed by atoms with E-state index in [1.807, 2.05) is 53.8 Å². The minimum atomic E-state index is -0.500. The van der Waals surface area contributed by atoms with E-state index in [1.54, 1.807) is 18.2 Å². The number of nitrogens with two attached hydrogens (primary N) is 1. The molecule has 9 heteroatoms. The molecule has 0 saturated heterocycles. The highest BCUT2D eigenvalue weighted by atomic mass is 127. The van der Waals surface area contributed by atoms with E-state index in [2.05, 4.69) is 15.3 Å². The van der Waals surface area contributed by atoms with Crippen molar-refractivity contribution in [3.05, 3.63) is 87.9 Å². The van der Waals surface area contributed by atoms with Crippen LogP contribution in [0.2, 0.25) is 0 Å². The van der Waals surface area contributed by atoms with Crippen molar-refractivity contribution < 1.29 is 4.39 Å². The number of para-hydroxylation sites is 1. The topological polar surface area (TPSA) is 110 Å². The summed E-state index contributed by atoms with van der Waals surface area (Å²) in [5.74, 6) is 0.0427. The van der Waals surface area contributed by atoms with E-state index in [0.717, 1.165) is 10.9 Å². The lowest BCUT2D eigenvalue weighted by molar-refractivity contribution is 0.614. The van der Waals surface area contributed by atoms with Gasteiger partial charge in [-0.3, -0.25) is 14.8 Å². The molecular formula is C22H18FIN6O. The third kappa shape index (κ3) is 3.88. The summed E-state index contributed by atoms with van der Waals surface area (Å²) in [4.78, 5) is 21.6. The summed E-state index contributed by atoms with van der Waals surface area (Å²) in [6.45, 7) is 2.01. The Morgan fingerprint density at radius 3 is 2.74 bits per heavy atom. The SMILES string of the molecule is Cc1cccc2cc(CNc3ncnc(N)c3C(=N)I)n(-c3ccccc3F)c(=O)c12. The van der Waals surface area contributed by atoms with Crippen molar-refractivity contribution >= 4 is 48.7 Å². The van der Waals surface area contributed by atoms with E-state index >= 15 is 0 Å². The molecule has 0 spiro atoms. The zero-order valence-corrected chi connectivity index (χ0v) is 18.6. The van der Waals surface area contributed by atoms with E-state index in [4.69, 9.17) is 11.1 Å². The maximum atomic E-state index is 14.7. The third-order valence-electron chi connectivity index (χ3n) is 4.96. The fraction of sp³-hybridized carbons (Fsp3) is 0.0909. The molecule has 0 unspecified atom stereocenters. The Bertz CT molecular complexity index is 1380. The number of aryl methyl sites for hydroxylation is 1. The van der Waals surface area contributed by atoms with Crippen LogP contribution >= 0.6 is 22.6 Å². The molecule has 4 N–H and O–H groups in total. The quantitative estimate of drug-likeness (QED) is 0.266. The first-order valence-corrected chi connectivity index (χ1v) is 10.4. The fourth-order valence-electron chi connectivity index (χ4n) is 3.54. The Balaban J connectivity index is 1.90. The lowest BCUT2D eigenvalue weighted by Gasteiger charge is -2.17. The molecule has 7 nitrogen and oxygen atoms in total. The highest BCUT2D eigenvalue weighted by Gasteiger charge is 2.17. The van der Waals surface area contributed by atoms with Gasteiger partial charge in [0.05, 0.1) is 23.2 Å². The van der Waals surface area contributed by atoms with Crippen LogP contribution in [0.25, 0.3) is 16.5 Å². The van der Waals surface area contributed by atoms with Gasteiger partial charge >= 0.3 is 0 Å². The van der Waals surface area contributed by atoms with Crippen molar-refractivity contribution in [2.45, 2.75) is 13.5 Å². The Kier molecular flexibility index (Phi) is 5.68. The third-order valence-corrected chi connectivity index (χ3v) is 5.50. The number of nitrogens with zero attached hydrogens (tertiary/aromatic N) is 3. The summed E-state index contributed by atoms with van der Waals surface area (Å²) in [5, 5.41) is 12.4. The van der Waals surface area contributed by atoms with Gasteiger partial charge in [0.25, 0.3) is 5.56 Å². The van der Waals surface area contributed by atoms with E-state index in [9.17, 15) is 9.18 Å². The highest BCUT2D eigenvalue weighted by molar-refractivity contribution is 14.1. The van der Waals surface area contributed by atoms with Gasteiger partial charge in [-0.25, -0.2) is 14.4 Å². The summed E-state index contributed by atoms with van der Waals surface area (Å²) in [6, 6.07) is 13.6. The monoisotopic (exact) mass is 528 g/mol. The van der Waals surface area contributed by atoms with Gasteiger partial charge in [0.2, 0.25) is 0 Å². The highest BCUT2D eigenvalue weighted by Crippen LogP contribution is 2.24. The summed E-state index contributed by atoms with van der Waals surface area (Å²) in [7, 11) is 0.